The van der Waals surface area contributed by atoms with E-state index in [1.165, 1.54) is 0 Å². The fourth-order valence-corrected chi connectivity index (χ4v) is 1.83. The molecule has 5 N–H and O–H groups in total. The number of carbonyl (C=O) groups excluding carboxylic acids is 2. The van der Waals surface area contributed by atoms with Crippen molar-refractivity contribution in [3.8, 4) is 0 Å². The quantitative estimate of drug-likeness (QED) is 0.292. The first-order valence-corrected chi connectivity index (χ1v) is 5.18. The van der Waals surface area contributed by atoms with Gasteiger partial charge >= 0.3 is 0 Å². The molecule has 1 rings (SSSR count). The van der Waals surface area contributed by atoms with E-state index in [4.69, 9.17) is 16.3 Å². The minimum Gasteiger partial charge on any atom is -0.378 e. The Kier molecular flexibility index (Phi) is 4.66. The average Bonchev–Trinajstić information content (AvgIpc) is 2.28. The molecule has 0 aromatic heterocycles. The summed E-state index contributed by atoms with van der Waals surface area (Å²) in [5, 5.41) is 0. The van der Waals surface area contributed by atoms with E-state index >= 15 is 0 Å². The maximum Gasteiger partial charge on any atom is 0.237 e. The third-order valence-electron chi connectivity index (χ3n) is 2.71. The Balaban J connectivity index is 2.60. The Morgan fingerprint density at radius 3 is 2.88 bits per heavy atom. The smallest absolute Gasteiger partial charge is 0.237 e. The lowest BCUT2D eigenvalue weighted by Crippen LogP contribution is -2.56. The highest BCUT2D eigenvalue weighted by atomic mass is 16.5. The van der Waals surface area contributed by atoms with Crippen molar-refractivity contribution in [1.82, 2.24) is 10.3 Å². The fourth-order valence-electron chi connectivity index (χ4n) is 1.83. The third kappa shape index (κ3) is 3.16. The van der Waals surface area contributed by atoms with Gasteiger partial charge in [0.15, 0.2) is 0 Å². The fraction of sp³-hybridized carbons (Fsp3) is 0.778. The summed E-state index contributed by atoms with van der Waals surface area (Å²) in [6.07, 6.45) is 0.236. The molecule has 1 fully saturated rings. The van der Waals surface area contributed by atoms with Crippen molar-refractivity contribution in [2.75, 3.05) is 19.8 Å². The van der Waals surface area contributed by atoms with Crippen LogP contribution < -0.4 is 17.0 Å². The van der Waals surface area contributed by atoms with E-state index in [9.17, 15) is 9.59 Å². The molecule has 1 saturated heterocycles. The molecule has 0 bridgehead atoms. The van der Waals surface area contributed by atoms with Crippen LogP contribution in [0.5, 0.6) is 0 Å². The molecule has 2 unspecified atom stereocenters. The van der Waals surface area contributed by atoms with Crippen LogP contribution in [-0.2, 0) is 14.3 Å². The Morgan fingerprint density at radius 1 is 1.62 bits per heavy atom. The summed E-state index contributed by atoms with van der Waals surface area (Å²) in [5.74, 6) is 4.32. The molecule has 2 amide bonds. The molecule has 1 heterocycles. The first kappa shape index (κ1) is 12.9. The zero-order valence-corrected chi connectivity index (χ0v) is 9.31. The second kappa shape index (κ2) is 5.78. The number of nitrogens with one attached hydrogen (secondary N) is 1. The molecule has 0 aliphatic carbocycles. The van der Waals surface area contributed by atoms with E-state index in [1.54, 1.807) is 0 Å². The summed E-state index contributed by atoms with van der Waals surface area (Å²) in [4.78, 5) is 24.2. The number of hydrazine groups is 1. The molecule has 1 aliphatic rings. The van der Waals surface area contributed by atoms with Gasteiger partial charge in [0.1, 0.15) is 6.04 Å². The van der Waals surface area contributed by atoms with Crippen LogP contribution in [0, 0.1) is 0 Å². The zero-order valence-electron chi connectivity index (χ0n) is 9.31. The summed E-state index contributed by atoms with van der Waals surface area (Å²) in [6.45, 7) is 3.27. The van der Waals surface area contributed by atoms with Gasteiger partial charge in [0, 0.05) is 19.0 Å². The lowest BCUT2D eigenvalue weighted by Gasteiger charge is -2.37. The van der Waals surface area contributed by atoms with E-state index in [0.717, 1.165) is 0 Å². The van der Waals surface area contributed by atoms with Crippen molar-refractivity contribution in [2.45, 2.75) is 25.4 Å². The van der Waals surface area contributed by atoms with Crippen molar-refractivity contribution in [1.29, 1.82) is 0 Å². The second-order valence-electron chi connectivity index (χ2n) is 3.85. The van der Waals surface area contributed by atoms with Gasteiger partial charge in [-0.3, -0.25) is 19.9 Å². The van der Waals surface area contributed by atoms with Crippen LogP contribution in [0.1, 0.15) is 13.3 Å². The van der Waals surface area contributed by atoms with Crippen molar-refractivity contribution in [3.63, 3.8) is 0 Å². The summed E-state index contributed by atoms with van der Waals surface area (Å²) in [5.41, 5.74) is 7.34. The Morgan fingerprint density at radius 2 is 2.31 bits per heavy atom. The number of nitrogens with zero attached hydrogens (tertiary/aromatic N) is 1. The van der Waals surface area contributed by atoms with Gasteiger partial charge in [-0.15, -0.1) is 0 Å². The molecule has 1 aliphatic heterocycles. The summed E-state index contributed by atoms with van der Waals surface area (Å²) >= 11 is 0. The first-order valence-electron chi connectivity index (χ1n) is 5.18. The molecule has 0 spiro atoms. The van der Waals surface area contributed by atoms with E-state index in [2.05, 4.69) is 5.43 Å². The number of morpholine rings is 1. The predicted octanol–water partition coefficient (Wildman–Crippen LogP) is -2.06. The molecule has 0 saturated carbocycles. The molecule has 92 valence electrons. The molecular weight excluding hydrogens is 212 g/mol. The Bertz CT molecular complexity index is 271. The number of amides is 2. The van der Waals surface area contributed by atoms with Gasteiger partial charge in [-0.05, 0) is 6.92 Å². The van der Waals surface area contributed by atoms with Crippen LogP contribution in [-0.4, -0.2) is 48.6 Å². The standard InChI is InChI=1S/C9H18N4O3/c1-6(4-8(14)12-11)13-2-3-16-5-7(13)9(10)15/h6-7H,2-5,11H2,1H3,(H2,10,15)(H,12,14). The number of carbonyl (C=O) groups is 2. The van der Waals surface area contributed by atoms with E-state index in [1.807, 2.05) is 11.8 Å². The maximum absolute atomic E-state index is 11.2. The number of primary amides is 1. The number of hydrogen-bond donors (Lipinski definition) is 3. The van der Waals surface area contributed by atoms with Crippen LogP contribution in [0.2, 0.25) is 0 Å². The zero-order chi connectivity index (χ0) is 12.1. The lowest BCUT2D eigenvalue weighted by atomic mass is 10.1. The lowest BCUT2D eigenvalue weighted by molar-refractivity contribution is -0.133. The van der Waals surface area contributed by atoms with Crippen molar-refractivity contribution in [2.24, 2.45) is 11.6 Å². The minimum absolute atomic E-state index is 0.0926. The van der Waals surface area contributed by atoms with Crippen molar-refractivity contribution in [3.05, 3.63) is 0 Å². The molecule has 0 radical (unpaired) electrons. The van der Waals surface area contributed by atoms with Gasteiger partial charge in [0.25, 0.3) is 0 Å². The number of rotatable bonds is 4. The molecular formula is C9H18N4O3. The summed E-state index contributed by atoms with van der Waals surface area (Å²) in [6, 6.07) is -0.556. The highest BCUT2D eigenvalue weighted by Crippen LogP contribution is 2.13. The topological polar surface area (TPSA) is 111 Å². The number of hydrogen-bond acceptors (Lipinski definition) is 5. The first-order chi connectivity index (χ1) is 7.56. The molecule has 0 aromatic carbocycles. The normalized spacial score (nSPS) is 23.8. The molecule has 7 heteroatoms. The highest BCUT2D eigenvalue weighted by Gasteiger charge is 2.31. The van der Waals surface area contributed by atoms with E-state index < -0.39 is 11.9 Å². The van der Waals surface area contributed by atoms with Crippen LogP contribution in [0.25, 0.3) is 0 Å². The highest BCUT2D eigenvalue weighted by molar-refractivity contribution is 5.80. The number of ether oxygens (including phenoxy) is 1. The maximum atomic E-state index is 11.2. The van der Waals surface area contributed by atoms with E-state index in [-0.39, 0.29) is 25.0 Å². The summed E-state index contributed by atoms with van der Waals surface area (Å²) in [7, 11) is 0. The van der Waals surface area contributed by atoms with Crippen LogP contribution >= 0.6 is 0 Å². The van der Waals surface area contributed by atoms with Gasteiger partial charge < -0.3 is 10.5 Å². The van der Waals surface area contributed by atoms with Gasteiger partial charge in [0.2, 0.25) is 11.8 Å². The average molecular weight is 230 g/mol. The van der Waals surface area contributed by atoms with E-state index in [0.29, 0.717) is 13.2 Å². The summed E-state index contributed by atoms with van der Waals surface area (Å²) < 4.78 is 5.19. The van der Waals surface area contributed by atoms with Gasteiger partial charge in [-0.1, -0.05) is 0 Å². The van der Waals surface area contributed by atoms with Crippen LogP contribution in [0.15, 0.2) is 0 Å². The van der Waals surface area contributed by atoms with Crippen LogP contribution in [0.4, 0.5) is 0 Å². The number of nitrogens with two attached hydrogens (primary N) is 2. The largest absolute Gasteiger partial charge is 0.378 e. The predicted molar refractivity (Wildman–Crippen MR) is 56.9 cm³/mol. The molecule has 2 atom stereocenters. The van der Waals surface area contributed by atoms with Crippen LogP contribution in [0.3, 0.4) is 0 Å². The molecule has 16 heavy (non-hydrogen) atoms. The molecule has 7 nitrogen and oxygen atoms in total. The van der Waals surface area contributed by atoms with Crippen molar-refractivity contribution < 1.29 is 14.3 Å². The minimum atomic E-state index is -0.464. The second-order valence-corrected chi connectivity index (χ2v) is 3.85. The van der Waals surface area contributed by atoms with Gasteiger partial charge in [-0.2, -0.15) is 0 Å². The van der Waals surface area contributed by atoms with Gasteiger partial charge in [-0.25, -0.2) is 5.84 Å². The molecule has 0 aromatic rings. The van der Waals surface area contributed by atoms with Crippen molar-refractivity contribution >= 4 is 11.8 Å². The van der Waals surface area contributed by atoms with Gasteiger partial charge in [0.05, 0.1) is 13.2 Å². The third-order valence-corrected chi connectivity index (χ3v) is 2.71. The Labute approximate surface area is 94.0 Å². The Hall–Kier alpha value is -1.18. The SMILES string of the molecule is CC(CC(=O)NN)N1CCOCC1C(N)=O. The monoisotopic (exact) mass is 230 g/mol.